The molecule has 0 saturated heterocycles. The summed E-state index contributed by atoms with van der Waals surface area (Å²) >= 11 is 9.04. The average Bonchev–Trinajstić information content (AvgIpc) is 2.41. The molecule has 0 fully saturated rings. The number of rotatable bonds is 4. The van der Waals surface area contributed by atoms with E-state index in [-0.39, 0.29) is 10.6 Å². The maximum absolute atomic E-state index is 12.3. The Labute approximate surface area is 131 Å². The van der Waals surface area contributed by atoms with Crippen LogP contribution in [0.1, 0.15) is 5.56 Å². The van der Waals surface area contributed by atoms with Crippen molar-refractivity contribution >= 4 is 43.7 Å². The molecule has 0 heterocycles. The van der Waals surface area contributed by atoms with Crippen LogP contribution in [-0.2, 0) is 10.1 Å². The summed E-state index contributed by atoms with van der Waals surface area (Å²) in [5.74, 6) is 0.181. The highest BCUT2D eigenvalue weighted by Gasteiger charge is 2.20. The second-order valence-corrected chi connectivity index (χ2v) is 6.66. The highest BCUT2D eigenvalue weighted by atomic mass is 79.9. The summed E-state index contributed by atoms with van der Waals surface area (Å²) in [4.78, 5) is 0.0602. The van der Waals surface area contributed by atoms with Crippen molar-refractivity contribution in [2.24, 2.45) is 0 Å². The quantitative estimate of drug-likeness (QED) is 0.740. The lowest BCUT2D eigenvalue weighted by molar-refractivity contribution is 0.485. The molecule has 2 aromatic carbocycles. The molecule has 6 heteroatoms. The Morgan fingerprint density at radius 3 is 2.55 bits per heavy atom. The third-order valence-electron chi connectivity index (χ3n) is 2.50. The van der Waals surface area contributed by atoms with Crippen LogP contribution in [0.4, 0.5) is 0 Å². The van der Waals surface area contributed by atoms with Gasteiger partial charge in [-0.3, -0.25) is 0 Å². The molecule has 0 radical (unpaired) electrons. The van der Waals surface area contributed by atoms with Crippen molar-refractivity contribution in [3.63, 3.8) is 0 Å². The monoisotopic (exact) mass is 372 g/mol. The molecule has 0 N–H and O–H groups in total. The lowest BCUT2D eigenvalue weighted by atomic mass is 10.2. The van der Waals surface area contributed by atoms with Gasteiger partial charge in [-0.05, 0) is 46.3 Å². The molecule has 20 heavy (non-hydrogen) atoms. The van der Waals surface area contributed by atoms with Gasteiger partial charge in [0.15, 0.2) is 0 Å². The maximum Gasteiger partial charge on any atom is 0.340 e. The molecule has 2 aromatic rings. The highest BCUT2D eigenvalue weighted by Crippen LogP contribution is 2.29. The van der Waals surface area contributed by atoms with Crippen molar-refractivity contribution in [3.8, 4) is 5.75 Å². The Bertz CT molecular complexity index is 757. The molecule has 2 rings (SSSR count). The van der Waals surface area contributed by atoms with Crippen LogP contribution < -0.4 is 4.18 Å². The van der Waals surface area contributed by atoms with Gasteiger partial charge in [0.05, 0.1) is 0 Å². The summed E-state index contributed by atoms with van der Waals surface area (Å²) in [5, 5.41) is 0.477. The zero-order chi connectivity index (χ0) is 14.8. The van der Waals surface area contributed by atoms with E-state index < -0.39 is 10.1 Å². The van der Waals surface area contributed by atoms with Gasteiger partial charge in [0, 0.05) is 15.1 Å². The number of hydrogen-bond acceptors (Lipinski definition) is 3. The van der Waals surface area contributed by atoms with E-state index in [1.807, 2.05) is 0 Å². The zero-order valence-corrected chi connectivity index (χ0v) is 13.4. The maximum atomic E-state index is 12.3. The molecule has 0 aromatic heterocycles. The van der Waals surface area contributed by atoms with Gasteiger partial charge in [0.2, 0.25) is 0 Å². The lowest BCUT2D eigenvalue weighted by Crippen LogP contribution is -2.11. The van der Waals surface area contributed by atoms with Crippen LogP contribution >= 0.6 is 27.5 Å². The fourth-order valence-electron chi connectivity index (χ4n) is 1.57. The normalized spacial score (nSPS) is 11.1. The first-order valence-corrected chi connectivity index (χ1v) is 8.13. The molecule has 0 spiro atoms. The lowest BCUT2D eigenvalue weighted by Gasteiger charge is -2.10. The molecule has 0 aliphatic heterocycles. The molecular weight excluding hydrogens is 364 g/mol. The van der Waals surface area contributed by atoms with Crippen LogP contribution in [0.5, 0.6) is 5.75 Å². The Kier molecular flexibility index (Phi) is 4.52. The van der Waals surface area contributed by atoms with E-state index in [1.54, 1.807) is 30.3 Å². The fraction of sp³-hybridized carbons (Fsp3) is 0. The van der Waals surface area contributed by atoms with Crippen molar-refractivity contribution in [1.29, 1.82) is 0 Å². The standard InChI is InChI=1S/C14H10BrClO3S/c1-2-10-9-11(16)7-8-13(10)19-20(17,18)14-6-4-3-5-12(14)15/h2-9H,1H2. The van der Waals surface area contributed by atoms with Crippen LogP contribution in [-0.4, -0.2) is 8.42 Å². The van der Waals surface area contributed by atoms with E-state index in [9.17, 15) is 8.42 Å². The summed E-state index contributed by atoms with van der Waals surface area (Å²) in [6.07, 6.45) is 1.48. The topological polar surface area (TPSA) is 43.4 Å². The fourth-order valence-corrected chi connectivity index (χ4v) is 3.66. The van der Waals surface area contributed by atoms with E-state index in [0.717, 1.165) is 0 Å². The Morgan fingerprint density at radius 2 is 1.90 bits per heavy atom. The molecule has 0 saturated carbocycles. The van der Waals surface area contributed by atoms with Gasteiger partial charge in [-0.2, -0.15) is 8.42 Å². The van der Waals surface area contributed by atoms with Crippen LogP contribution in [0.3, 0.4) is 0 Å². The van der Waals surface area contributed by atoms with Crippen LogP contribution in [0.25, 0.3) is 6.08 Å². The first kappa shape index (κ1) is 15.1. The van der Waals surface area contributed by atoms with Gasteiger partial charge in [0.25, 0.3) is 0 Å². The van der Waals surface area contributed by atoms with Crippen LogP contribution in [0.15, 0.2) is 58.4 Å². The largest absolute Gasteiger partial charge is 0.378 e. The second-order valence-electron chi connectivity index (χ2n) is 3.85. The predicted molar refractivity (Wildman–Crippen MR) is 83.5 cm³/mol. The molecule has 0 amide bonds. The third kappa shape index (κ3) is 3.23. The first-order valence-electron chi connectivity index (χ1n) is 5.55. The van der Waals surface area contributed by atoms with Crippen LogP contribution in [0.2, 0.25) is 5.02 Å². The molecule has 0 aliphatic carbocycles. The SMILES string of the molecule is C=Cc1cc(Cl)ccc1OS(=O)(=O)c1ccccc1Br. The molecular formula is C14H10BrClO3S. The molecule has 104 valence electrons. The molecule has 0 unspecified atom stereocenters. The third-order valence-corrected chi connectivity index (χ3v) is 4.98. The number of halogens is 2. The van der Waals surface area contributed by atoms with E-state index in [1.165, 1.54) is 18.2 Å². The number of benzene rings is 2. The average molecular weight is 374 g/mol. The summed E-state index contributed by atoms with van der Waals surface area (Å²) in [5.41, 5.74) is 0.508. The Hall–Kier alpha value is -1.30. The molecule has 0 bridgehead atoms. The minimum Gasteiger partial charge on any atom is -0.378 e. The van der Waals surface area contributed by atoms with E-state index in [4.69, 9.17) is 15.8 Å². The summed E-state index contributed by atoms with van der Waals surface area (Å²) < 4.78 is 30.1. The van der Waals surface area contributed by atoms with E-state index >= 15 is 0 Å². The second kappa shape index (κ2) is 5.99. The summed E-state index contributed by atoms with van der Waals surface area (Å²) in [6.45, 7) is 3.61. The predicted octanol–water partition coefficient (Wildman–Crippen LogP) is 4.51. The van der Waals surface area contributed by atoms with Crippen molar-refractivity contribution in [2.75, 3.05) is 0 Å². The smallest absolute Gasteiger partial charge is 0.340 e. The Balaban J connectivity index is 2.44. The van der Waals surface area contributed by atoms with Gasteiger partial charge >= 0.3 is 10.1 Å². The van der Waals surface area contributed by atoms with Gasteiger partial charge in [0.1, 0.15) is 10.6 Å². The van der Waals surface area contributed by atoms with E-state index in [2.05, 4.69) is 22.5 Å². The summed E-state index contributed by atoms with van der Waals surface area (Å²) in [6, 6.07) is 11.1. The van der Waals surface area contributed by atoms with Gasteiger partial charge in [-0.15, -0.1) is 0 Å². The van der Waals surface area contributed by atoms with E-state index in [0.29, 0.717) is 15.1 Å². The van der Waals surface area contributed by atoms with Gasteiger partial charge in [-0.1, -0.05) is 36.4 Å². The van der Waals surface area contributed by atoms with Crippen molar-refractivity contribution in [2.45, 2.75) is 4.90 Å². The first-order chi connectivity index (χ1) is 9.44. The van der Waals surface area contributed by atoms with Gasteiger partial charge in [-0.25, -0.2) is 0 Å². The van der Waals surface area contributed by atoms with Crippen molar-refractivity contribution in [3.05, 3.63) is 64.1 Å². The number of hydrogen-bond donors (Lipinski definition) is 0. The highest BCUT2D eigenvalue weighted by molar-refractivity contribution is 9.10. The van der Waals surface area contributed by atoms with Crippen LogP contribution in [0, 0.1) is 0 Å². The van der Waals surface area contributed by atoms with Crippen molar-refractivity contribution in [1.82, 2.24) is 0 Å². The molecule has 0 atom stereocenters. The minimum absolute atomic E-state index is 0.0602. The zero-order valence-electron chi connectivity index (χ0n) is 10.2. The minimum atomic E-state index is -3.93. The Morgan fingerprint density at radius 1 is 1.20 bits per heavy atom. The molecule has 3 nitrogen and oxygen atoms in total. The van der Waals surface area contributed by atoms with Gasteiger partial charge < -0.3 is 4.18 Å². The summed E-state index contributed by atoms with van der Waals surface area (Å²) in [7, 11) is -3.93. The van der Waals surface area contributed by atoms with Crippen molar-refractivity contribution < 1.29 is 12.6 Å². The molecule has 0 aliphatic rings.